The first-order valence-electron chi connectivity index (χ1n) is 6.31. The quantitative estimate of drug-likeness (QED) is 0.844. The summed E-state index contributed by atoms with van der Waals surface area (Å²) in [5, 5.41) is 12.8. The molecule has 0 aromatic carbocycles. The van der Waals surface area contributed by atoms with Crippen molar-refractivity contribution in [1.82, 2.24) is 10.3 Å². The van der Waals surface area contributed by atoms with Gasteiger partial charge in [-0.25, -0.2) is 4.98 Å². The number of halogens is 2. The molecule has 0 unspecified atom stereocenters. The minimum Gasteiger partial charge on any atom is -0.394 e. The van der Waals surface area contributed by atoms with Gasteiger partial charge in [0.1, 0.15) is 10.3 Å². The second-order valence-electron chi connectivity index (χ2n) is 4.95. The maximum Gasteiger partial charge on any atom is 0.252 e. The molecule has 4 nitrogen and oxygen atoms in total. The van der Waals surface area contributed by atoms with Crippen LogP contribution < -0.4 is 5.32 Å². The van der Waals surface area contributed by atoms with Crippen LogP contribution in [0, 0.1) is 0 Å². The first-order valence-corrected chi connectivity index (χ1v) is 7.07. The summed E-state index contributed by atoms with van der Waals surface area (Å²) in [5.74, 6) is -0.276. The van der Waals surface area contributed by atoms with Crippen LogP contribution in [0.5, 0.6) is 0 Å². The normalized spacial score (nSPS) is 18.1. The molecule has 104 valence electrons. The molecule has 1 aromatic rings. The number of aliphatic hydroxyl groups is 1. The van der Waals surface area contributed by atoms with E-state index in [2.05, 4.69) is 10.3 Å². The first-order chi connectivity index (χ1) is 9.04. The van der Waals surface area contributed by atoms with Gasteiger partial charge in [0.25, 0.3) is 5.91 Å². The van der Waals surface area contributed by atoms with Gasteiger partial charge in [-0.3, -0.25) is 4.79 Å². The number of nitrogens with one attached hydrogen (secondary N) is 1. The minimum absolute atomic E-state index is 0.0503. The van der Waals surface area contributed by atoms with E-state index >= 15 is 0 Å². The van der Waals surface area contributed by atoms with Crippen molar-refractivity contribution < 1.29 is 9.90 Å². The van der Waals surface area contributed by atoms with Crippen LogP contribution >= 0.6 is 23.2 Å². The van der Waals surface area contributed by atoms with Gasteiger partial charge in [-0.05, 0) is 25.0 Å². The highest BCUT2D eigenvalue weighted by atomic mass is 35.5. The highest BCUT2D eigenvalue weighted by Gasteiger charge is 2.33. The summed E-state index contributed by atoms with van der Waals surface area (Å²) < 4.78 is 0. The Morgan fingerprint density at radius 3 is 2.37 bits per heavy atom. The molecule has 1 aliphatic carbocycles. The second-order valence-corrected chi connectivity index (χ2v) is 5.73. The molecular weight excluding hydrogens is 287 g/mol. The van der Waals surface area contributed by atoms with Gasteiger partial charge in [-0.2, -0.15) is 0 Å². The van der Waals surface area contributed by atoms with Crippen LogP contribution in [0.3, 0.4) is 0 Å². The fourth-order valence-electron chi connectivity index (χ4n) is 2.46. The number of aromatic nitrogens is 1. The smallest absolute Gasteiger partial charge is 0.252 e. The molecule has 1 aliphatic rings. The lowest BCUT2D eigenvalue weighted by Gasteiger charge is -2.36. The van der Waals surface area contributed by atoms with Crippen molar-refractivity contribution in [2.45, 2.75) is 37.6 Å². The molecule has 1 aromatic heterocycles. The number of hydrogen-bond donors (Lipinski definition) is 2. The van der Waals surface area contributed by atoms with Crippen molar-refractivity contribution in [3.8, 4) is 0 Å². The molecular formula is C13H16Cl2N2O2. The van der Waals surface area contributed by atoms with Crippen LogP contribution in [0.4, 0.5) is 0 Å². The van der Waals surface area contributed by atoms with Gasteiger partial charge in [-0.1, -0.05) is 42.5 Å². The summed E-state index contributed by atoms with van der Waals surface area (Å²) in [5.41, 5.74) is -0.152. The Labute approximate surface area is 122 Å². The molecule has 0 bridgehead atoms. The molecule has 0 radical (unpaired) electrons. The zero-order valence-corrected chi connectivity index (χ0v) is 12.0. The molecule has 19 heavy (non-hydrogen) atoms. The van der Waals surface area contributed by atoms with Crippen molar-refractivity contribution in [3.63, 3.8) is 0 Å². The van der Waals surface area contributed by atoms with Gasteiger partial charge >= 0.3 is 0 Å². The summed E-state index contributed by atoms with van der Waals surface area (Å²) in [6, 6.07) is 2.94. The molecule has 1 amide bonds. The predicted molar refractivity (Wildman–Crippen MR) is 74.6 cm³/mol. The lowest BCUT2D eigenvalue weighted by atomic mass is 9.82. The summed E-state index contributed by atoms with van der Waals surface area (Å²) in [4.78, 5) is 16.0. The number of carbonyl (C=O) groups excluding carboxylic acids is 1. The second kappa shape index (κ2) is 6.07. The van der Waals surface area contributed by atoms with Gasteiger partial charge in [0, 0.05) is 5.56 Å². The molecule has 2 rings (SSSR count). The van der Waals surface area contributed by atoms with E-state index < -0.39 is 5.54 Å². The van der Waals surface area contributed by atoms with E-state index in [1.165, 1.54) is 12.1 Å². The maximum absolute atomic E-state index is 12.2. The zero-order chi connectivity index (χ0) is 13.9. The van der Waals surface area contributed by atoms with Crippen molar-refractivity contribution in [1.29, 1.82) is 0 Å². The average Bonchev–Trinajstić information content (AvgIpc) is 2.38. The molecule has 0 atom stereocenters. The number of rotatable bonds is 3. The zero-order valence-electron chi connectivity index (χ0n) is 10.5. The Hall–Kier alpha value is -0.840. The van der Waals surface area contributed by atoms with E-state index in [9.17, 15) is 9.90 Å². The SMILES string of the molecule is O=C(NC1(CO)CCCCC1)c1cc(Cl)nc(Cl)c1. The predicted octanol–water partition coefficient (Wildman–Crippen LogP) is 2.81. The molecule has 1 heterocycles. The lowest BCUT2D eigenvalue weighted by Crippen LogP contribution is -2.52. The summed E-state index contributed by atoms with van der Waals surface area (Å²) >= 11 is 11.6. The standard InChI is InChI=1S/C13H16Cl2N2O2/c14-10-6-9(7-11(15)16-10)12(19)17-13(8-18)4-2-1-3-5-13/h6-7,18H,1-5,8H2,(H,17,19). The van der Waals surface area contributed by atoms with Crippen LogP contribution in [-0.2, 0) is 0 Å². The van der Waals surface area contributed by atoms with E-state index in [4.69, 9.17) is 23.2 Å². The van der Waals surface area contributed by atoms with Gasteiger partial charge in [-0.15, -0.1) is 0 Å². The maximum atomic E-state index is 12.2. The largest absolute Gasteiger partial charge is 0.394 e. The Morgan fingerprint density at radius 1 is 1.26 bits per heavy atom. The molecule has 1 fully saturated rings. The Bertz CT molecular complexity index is 453. The Balaban J connectivity index is 2.15. The van der Waals surface area contributed by atoms with Crippen LogP contribution in [0.1, 0.15) is 42.5 Å². The number of nitrogens with zero attached hydrogens (tertiary/aromatic N) is 1. The highest BCUT2D eigenvalue weighted by molar-refractivity contribution is 6.33. The van der Waals surface area contributed by atoms with Crippen molar-refractivity contribution in [2.75, 3.05) is 6.61 Å². The number of pyridine rings is 1. The van der Waals surface area contributed by atoms with Crippen molar-refractivity contribution in [2.24, 2.45) is 0 Å². The van der Waals surface area contributed by atoms with Crippen LogP contribution in [-0.4, -0.2) is 28.1 Å². The first kappa shape index (κ1) is 14.6. The third kappa shape index (κ3) is 3.59. The Morgan fingerprint density at radius 2 is 1.84 bits per heavy atom. The van der Waals surface area contributed by atoms with E-state index in [1.807, 2.05) is 0 Å². The average molecular weight is 303 g/mol. The van der Waals surface area contributed by atoms with Crippen LogP contribution in [0.25, 0.3) is 0 Å². The van der Waals surface area contributed by atoms with E-state index in [1.54, 1.807) is 0 Å². The van der Waals surface area contributed by atoms with Gasteiger partial charge in [0.2, 0.25) is 0 Å². The number of amides is 1. The van der Waals surface area contributed by atoms with Gasteiger partial charge in [0.15, 0.2) is 0 Å². The minimum atomic E-state index is -0.516. The molecule has 0 aliphatic heterocycles. The van der Waals surface area contributed by atoms with Crippen molar-refractivity contribution >= 4 is 29.1 Å². The van der Waals surface area contributed by atoms with Crippen LogP contribution in [0.2, 0.25) is 10.3 Å². The Kier molecular flexibility index (Phi) is 4.66. The third-order valence-electron chi connectivity index (χ3n) is 3.52. The highest BCUT2D eigenvalue weighted by Crippen LogP contribution is 2.28. The molecule has 0 saturated heterocycles. The monoisotopic (exact) mass is 302 g/mol. The summed E-state index contributed by atoms with van der Waals surface area (Å²) in [6.45, 7) is -0.0503. The fourth-order valence-corrected chi connectivity index (χ4v) is 2.92. The fraction of sp³-hybridized carbons (Fsp3) is 0.538. The lowest BCUT2D eigenvalue weighted by molar-refractivity contribution is 0.0758. The number of aliphatic hydroxyl groups excluding tert-OH is 1. The van der Waals surface area contributed by atoms with Crippen LogP contribution in [0.15, 0.2) is 12.1 Å². The van der Waals surface area contributed by atoms with Crippen molar-refractivity contribution in [3.05, 3.63) is 28.0 Å². The van der Waals surface area contributed by atoms with E-state index in [0.717, 1.165) is 32.1 Å². The molecule has 2 N–H and O–H groups in total. The van der Waals surface area contributed by atoms with Gasteiger partial charge < -0.3 is 10.4 Å². The summed E-state index contributed by atoms with van der Waals surface area (Å²) in [7, 11) is 0. The molecule has 6 heteroatoms. The van der Waals surface area contributed by atoms with Gasteiger partial charge in [0.05, 0.1) is 12.1 Å². The molecule has 0 spiro atoms. The number of hydrogen-bond acceptors (Lipinski definition) is 3. The third-order valence-corrected chi connectivity index (χ3v) is 3.90. The molecule has 1 saturated carbocycles. The topological polar surface area (TPSA) is 62.2 Å². The number of carbonyl (C=O) groups is 1. The van der Waals surface area contributed by atoms with E-state index in [0.29, 0.717) is 5.56 Å². The summed E-state index contributed by atoms with van der Waals surface area (Å²) in [6.07, 6.45) is 4.76. The van der Waals surface area contributed by atoms with E-state index in [-0.39, 0.29) is 22.8 Å².